The summed E-state index contributed by atoms with van der Waals surface area (Å²) in [5.41, 5.74) is 0. The van der Waals surface area contributed by atoms with Gasteiger partial charge in [0.1, 0.15) is 0 Å². The molecule has 0 aromatic carbocycles. The van der Waals surface area contributed by atoms with E-state index in [1.54, 1.807) is 17.0 Å². The normalized spacial score (nSPS) is 18.6. The molecule has 0 saturated carbocycles. The Morgan fingerprint density at radius 1 is 0.893 bits per heavy atom. The van der Waals surface area contributed by atoms with Crippen LogP contribution in [-0.2, 0) is 9.59 Å². The predicted octanol–water partition coefficient (Wildman–Crippen LogP) is 1.32. The van der Waals surface area contributed by atoms with E-state index < -0.39 is 5.91 Å². The molecule has 3 amide bonds. The molecule has 3 rings (SSSR count). The summed E-state index contributed by atoms with van der Waals surface area (Å²) < 4.78 is 5.64. The van der Waals surface area contributed by atoms with Crippen molar-refractivity contribution in [3.63, 3.8) is 0 Å². The quantitative estimate of drug-likeness (QED) is 0.724. The third kappa shape index (κ3) is 5.81. The zero-order valence-corrected chi connectivity index (χ0v) is 17.6. The van der Waals surface area contributed by atoms with Crippen molar-refractivity contribution in [3.8, 4) is 0 Å². The number of amides is 3. The maximum atomic E-state index is 12.5. The van der Waals surface area contributed by atoms with Crippen LogP contribution in [0.3, 0.4) is 0 Å². The molecular formula is C19H27BrN4O4. The van der Waals surface area contributed by atoms with Crippen LogP contribution in [0.5, 0.6) is 0 Å². The molecule has 2 aliphatic rings. The Kier molecular flexibility index (Phi) is 7.50. The highest BCUT2D eigenvalue weighted by molar-refractivity contribution is 9.10. The van der Waals surface area contributed by atoms with Gasteiger partial charge in [0.15, 0.2) is 10.4 Å². The summed E-state index contributed by atoms with van der Waals surface area (Å²) in [6, 6.07) is 3.17. The maximum Gasteiger partial charge on any atom is 0.287 e. The van der Waals surface area contributed by atoms with E-state index in [0.29, 0.717) is 37.4 Å². The van der Waals surface area contributed by atoms with Gasteiger partial charge in [0, 0.05) is 39.3 Å². The van der Waals surface area contributed by atoms with E-state index in [1.165, 1.54) is 12.8 Å². The van der Waals surface area contributed by atoms with Crippen molar-refractivity contribution in [2.24, 2.45) is 0 Å². The van der Waals surface area contributed by atoms with E-state index in [2.05, 4.69) is 26.1 Å². The van der Waals surface area contributed by atoms with E-state index >= 15 is 0 Å². The van der Waals surface area contributed by atoms with Crippen molar-refractivity contribution in [3.05, 3.63) is 22.6 Å². The van der Waals surface area contributed by atoms with Gasteiger partial charge in [-0.1, -0.05) is 12.8 Å². The highest BCUT2D eigenvalue weighted by Crippen LogP contribution is 2.14. The van der Waals surface area contributed by atoms with Crippen molar-refractivity contribution in [2.45, 2.75) is 25.7 Å². The molecule has 2 saturated heterocycles. The molecule has 1 aromatic rings. The van der Waals surface area contributed by atoms with Crippen LogP contribution in [0.15, 0.2) is 21.2 Å². The minimum Gasteiger partial charge on any atom is -0.444 e. The Balaban J connectivity index is 1.37. The second-order valence-electron chi connectivity index (χ2n) is 7.24. The summed E-state index contributed by atoms with van der Waals surface area (Å²) in [7, 11) is 0. The van der Waals surface area contributed by atoms with Crippen molar-refractivity contribution in [1.29, 1.82) is 0 Å². The zero-order valence-electron chi connectivity index (χ0n) is 16.0. The van der Waals surface area contributed by atoms with Crippen molar-refractivity contribution in [1.82, 2.24) is 20.0 Å². The van der Waals surface area contributed by atoms with E-state index in [9.17, 15) is 14.4 Å². The van der Waals surface area contributed by atoms with Gasteiger partial charge in [-0.3, -0.25) is 19.3 Å². The number of rotatable bonds is 5. The SMILES string of the molecule is O=C(NCC(=O)N1CCN(CC(=O)N2CCCCCC2)CC1)c1ccc(Br)o1. The number of likely N-dealkylation sites (tertiary alicyclic amines) is 1. The Bertz CT molecular complexity index is 692. The fourth-order valence-corrected chi connectivity index (χ4v) is 3.86. The van der Waals surface area contributed by atoms with Gasteiger partial charge in [-0.25, -0.2) is 0 Å². The number of furan rings is 1. The van der Waals surface area contributed by atoms with Crippen LogP contribution in [0.1, 0.15) is 36.2 Å². The van der Waals surface area contributed by atoms with Gasteiger partial charge >= 0.3 is 0 Å². The molecule has 3 heterocycles. The second kappa shape index (κ2) is 10.1. The van der Waals surface area contributed by atoms with Crippen LogP contribution < -0.4 is 5.32 Å². The van der Waals surface area contributed by atoms with Gasteiger partial charge in [0.05, 0.1) is 13.1 Å². The van der Waals surface area contributed by atoms with Crippen molar-refractivity contribution in [2.75, 3.05) is 52.4 Å². The van der Waals surface area contributed by atoms with Crippen LogP contribution >= 0.6 is 15.9 Å². The van der Waals surface area contributed by atoms with Crippen molar-refractivity contribution >= 4 is 33.7 Å². The van der Waals surface area contributed by atoms with Gasteiger partial charge in [-0.15, -0.1) is 0 Å². The monoisotopic (exact) mass is 454 g/mol. The topological polar surface area (TPSA) is 86.1 Å². The number of carbonyl (C=O) groups excluding carboxylic acids is 3. The molecule has 0 atom stereocenters. The van der Waals surface area contributed by atoms with Crippen LogP contribution in [0.4, 0.5) is 0 Å². The van der Waals surface area contributed by atoms with Gasteiger partial charge in [-0.2, -0.15) is 0 Å². The minimum atomic E-state index is -0.416. The number of carbonyl (C=O) groups is 3. The first-order valence-electron chi connectivity index (χ1n) is 9.84. The van der Waals surface area contributed by atoms with Gasteiger partial charge in [0.2, 0.25) is 11.8 Å². The minimum absolute atomic E-state index is 0.0656. The Morgan fingerprint density at radius 2 is 1.54 bits per heavy atom. The third-order valence-corrected chi connectivity index (χ3v) is 5.67. The lowest BCUT2D eigenvalue weighted by Crippen LogP contribution is -2.53. The van der Waals surface area contributed by atoms with Gasteiger partial charge in [-0.05, 0) is 40.9 Å². The van der Waals surface area contributed by atoms with E-state index in [1.807, 2.05) is 4.90 Å². The van der Waals surface area contributed by atoms with Crippen LogP contribution in [0.25, 0.3) is 0 Å². The summed E-state index contributed by atoms with van der Waals surface area (Å²) in [5.74, 6) is -0.187. The lowest BCUT2D eigenvalue weighted by molar-refractivity contribution is -0.134. The van der Waals surface area contributed by atoms with E-state index in [0.717, 1.165) is 25.9 Å². The average molecular weight is 455 g/mol. The first kappa shape index (κ1) is 20.9. The molecular weight excluding hydrogens is 428 g/mol. The summed E-state index contributed by atoms with van der Waals surface area (Å²) in [6.07, 6.45) is 4.60. The molecule has 0 aliphatic carbocycles. The Labute approximate surface area is 173 Å². The van der Waals surface area contributed by atoms with E-state index in [-0.39, 0.29) is 24.1 Å². The molecule has 28 heavy (non-hydrogen) atoms. The average Bonchev–Trinajstić information content (AvgIpc) is 2.96. The molecule has 1 aromatic heterocycles. The number of hydrogen-bond acceptors (Lipinski definition) is 5. The largest absolute Gasteiger partial charge is 0.444 e. The highest BCUT2D eigenvalue weighted by Gasteiger charge is 2.25. The molecule has 0 bridgehead atoms. The smallest absolute Gasteiger partial charge is 0.287 e. The summed E-state index contributed by atoms with van der Waals surface area (Å²) in [5, 5.41) is 2.58. The van der Waals surface area contributed by atoms with Gasteiger partial charge in [0.25, 0.3) is 5.91 Å². The molecule has 154 valence electrons. The molecule has 8 nitrogen and oxygen atoms in total. The zero-order chi connectivity index (χ0) is 19.9. The van der Waals surface area contributed by atoms with Crippen LogP contribution in [0, 0.1) is 0 Å². The lowest BCUT2D eigenvalue weighted by Gasteiger charge is -2.35. The summed E-state index contributed by atoms with van der Waals surface area (Å²) in [4.78, 5) is 42.6. The number of nitrogens with zero attached hydrogens (tertiary/aromatic N) is 3. The standard InChI is InChI=1S/C19H27BrN4O4/c20-16-6-5-15(28-16)19(27)21-13-17(25)24-11-9-22(10-12-24)14-18(26)23-7-3-1-2-4-8-23/h5-6H,1-4,7-14H2,(H,21,27). The van der Waals surface area contributed by atoms with E-state index in [4.69, 9.17) is 4.42 Å². The molecule has 0 unspecified atom stereocenters. The number of hydrogen-bond donors (Lipinski definition) is 1. The molecule has 0 radical (unpaired) electrons. The summed E-state index contributed by atoms with van der Waals surface area (Å²) >= 11 is 3.14. The predicted molar refractivity (Wildman–Crippen MR) is 107 cm³/mol. The highest BCUT2D eigenvalue weighted by atomic mass is 79.9. The summed E-state index contributed by atoms with van der Waals surface area (Å²) in [6.45, 7) is 4.56. The molecule has 2 aliphatic heterocycles. The second-order valence-corrected chi connectivity index (χ2v) is 8.02. The molecule has 2 fully saturated rings. The first-order chi connectivity index (χ1) is 13.5. The van der Waals surface area contributed by atoms with Crippen LogP contribution in [-0.4, -0.2) is 84.8 Å². The maximum absolute atomic E-state index is 12.5. The first-order valence-corrected chi connectivity index (χ1v) is 10.6. The molecule has 1 N–H and O–H groups in total. The number of nitrogens with one attached hydrogen (secondary N) is 1. The fourth-order valence-electron chi connectivity index (χ4n) is 3.56. The number of piperazine rings is 1. The van der Waals surface area contributed by atoms with Gasteiger partial charge < -0.3 is 19.5 Å². The molecule has 0 spiro atoms. The third-order valence-electron chi connectivity index (χ3n) is 5.24. The Morgan fingerprint density at radius 3 is 2.14 bits per heavy atom. The van der Waals surface area contributed by atoms with Crippen molar-refractivity contribution < 1.29 is 18.8 Å². The lowest BCUT2D eigenvalue weighted by atomic mass is 10.2. The number of halogens is 1. The fraction of sp³-hybridized carbons (Fsp3) is 0.632. The molecule has 9 heteroatoms. The Hall–Kier alpha value is -1.87. The van der Waals surface area contributed by atoms with Crippen LogP contribution in [0.2, 0.25) is 0 Å².